The third-order valence-corrected chi connectivity index (χ3v) is 3.63. The van der Waals surface area contributed by atoms with Gasteiger partial charge in [0.1, 0.15) is 5.75 Å². The van der Waals surface area contributed by atoms with Gasteiger partial charge in [-0.1, -0.05) is 36.4 Å². The summed E-state index contributed by atoms with van der Waals surface area (Å²) in [6, 6.07) is 15.8. The maximum atomic E-state index is 12.1. The lowest BCUT2D eigenvalue weighted by atomic mass is 10.1. The summed E-state index contributed by atoms with van der Waals surface area (Å²) < 4.78 is 5.71. The summed E-state index contributed by atoms with van der Waals surface area (Å²) in [6.45, 7) is 7.43. The number of amides is 1. The monoisotopic (exact) mass is 326 g/mol. The van der Waals surface area contributed by atoms with Crippen molar-refractivity contribution in [3.63, 3.8) is 0 Å². The van der Waals surface area contributed by atoms with Gasteiger partial charge in [-0.3, -0.25) is 4.79 Å². The number of carbonyl (C=O) groups excluding carboxylic acids is 1. The molecule has 24 heavy (non-hydrogen) atoms. The van der Waals surface area contributed by atoms with E-state index in [4.69, 9.17) is 4.74 Å². The summed E-state index contributed by atoms with van der Waals surface area (Å²) in [5.41, 5.74) is 3.23. The van der Waals surface area contributed by atoms with Crippen molar-refractivity contribution in [2.75, 3.05) is 11.9 Å². The van der Waals surface area contributed by atoms with Gasteiger partial charge in [-0.15, -0.1) is 0 Å². The summed E-state index contributed by atoms with van der Waals surface area (Å²) in [5.74, 6) is 0.681. The Kier molecular flexibility index (Phi) is 6.82. The Hall–Kier alpha value is -2.33. The van der Waals surface area contributed by atoms with Crippen LogP contribution in [-0.4, -0.2) is 18.6 Å². The second kappa shape index (κ2) is 9.08. The molecule has 0 atom stereocenters. The van der Waals surface area contributed by atoms with Gasteiger partial charge < -0.3 is 15.4 Å². The van der Waals surface area contributed by atoms with E-state index in [2.05, 4.69) is 29.7 Å². The molecule has 0 fully saturated rings. The van der Waals surface area contributed by atoms with Gasteiger partial charge in [-0.2, -0.15) is 0 Å². The van der Waals surface area contributed by atoms with Gasteiger partial charge in [0.25, 0.3) is 0 Å². The van der Waals surface area contributed by atoms with Crippen molar-refractivity contribution in [2.24, 2.45) is 0 Å². The quantitative estimate of drug-likeness (QED) is 0.723. The van der Waals surface area contributed by atoms with E-state index in [1.54, 1.807) is 0 Å². The molecule has 2 rings (SSSR count). The Labute approximate surface area is 144 Å². The maximum Gasteiger partial charge on any atom is 0.225 e. The molecule has 0 bridgehead atoms. The van der Waals surface area contributed by atoms with E-state index >= 15 is 0 Å². The lowest BCUT2D eigenvalue weighted by Gasteiger charge is -2.15. The first-order valence-electron chi connectivity index (χ1n) is 8.37. The van der Waals surface area contributed by atoms with Crippen molar-refractivity contribution >= 4 is 11.6 Å². The van der Waals surface area contributed by atoms with Crippen molar-refractivity contribution < 1.29 is 9.53 Å². The first-order valence-corrected chi connectivity index (χ1v) is 8.37. The van der Waals surface area contributed by atoms with Gasteiger partial charge in [0.2, 0.25) is 5.91 Å². The van der Waals surface area contributed by atoms with Gasteiger partial charge in [-0.05, 0) is 44.0 Å². The highest BCUT2D eigenvalue weighted by Crippen LogP contribution is 2.24. The van der Waals surface area contributed by atoms with Crippen molar-refractivity contribution in [3.05, 3.63) is 59.7 Å². The SMILES string of the molecule is Cc1ccccc1CNCCC(=O)Nc1ccccc1OC(C)C. The fourth-order valence-electron chi connectivity index (χ4n) is 2.37. The van der Waals surface area contributed by atoms with Crippen LogP contribution >= 0.6 is 0 Å². The van der Waals surface area contributed by atoms with Crippen LogP contribution in [0.4, 0.5) is 5.69 Å². The minimum Gasteiger partial charge on any atom is -0.489 e. The summed E-state index contributed by atoms with van der Waals surface area (Å²) in [5, 5.41) is 6.24. The molecule has 0 unspecified atom stereocenters. The van der Waals surface area contributed by atoms with Crippen LogP contribution in [0.15, 0.2) is 48.5 Å². The number of rotatable bonds is 8. The van der Waals surface area contributed by atoms with Crippen molar-refractivity contribution in [2.45, 2.75) is 39.8 Å². The predicted octanol–water partition coefficient (Wildman–Crippen LogP) is 3.90. The number of benzene rings is 2. The number of ether oxygens (including phenoxy) is 1. The van der Waals surface area contributed by atoms with Crippen LogP contribution in [0.1, 0.15) is 31.4 Å². The smallest absolute Gasteiger partial charge is 0.225 e. The first kappa shape index (κ1) is 18.0. The Morgan fingerprint density at radius 1 is 1.08 bits per heavy atom. The first-order chi connectivity index (χ1) is 11.6. The molecule has 0 aliphatic carbocycles. The molecule has 0 spiro atoms. The van der Waals surface area contributed by atoms with Gasteiger partial charge in [0, 0.05) is 19.5 Å². The van der Waals surface area contributed by atoms with Crippen LogP contribution in [0.25, 0.3) is 0 Å². The molecule has 128 valence electrons. The van der Waals surface area contributed by atoms with Gasteiger partial charge in [-0.25, -0.2) is 0 Å². The number of para-hydroxylation sites is 2. The zero-order valence-electron chi connectivity index (χ0n) is 14.6. The molecular weight excluding hydrogens is 300 g/mol. The Morgan fingerprint density at radius 2 is 1.79 bits per heavy atom. The van der Waals surface area contributed by atoms with Crippen molar-refractivity contribution in [1.82, 2.24) is 5.32 Å². The molecule has 2 aromatic rings. The van der Waals surface area contributed by atoms with E-state index in [1.165, 1.54) is 11.1 Å². The topological polar surface area (TPSA) is 50.4 Å². The molecule has 0 aliphatic heterocycles. The third kappa shape index (κ3) is 5.70. The largest absolute Gasteiger partial charge is 0.489 e. The van der Waals surface area contributed by atoms with Crippen molar-refractivity contribution in [3.8, 4) is 5.75 Å². The van der Waals surface area contributed by atoms with Crippen LogP contribution in [0.3, 0.4) is 0 Å². The molecule has 0 aliphatic rings. The highest BCUT2D eigenvalue weighted by atomic mass is 16.5. The van der Waals surface area contributed by atoms with Gasteiger partial charge in [0.15, 0.2) is 0 Å². The van der Waals surface area contributed by atoms with Gasteiger partial charge >= 0.3 is 0 Å². The average molecular weight is 326 g/mol. The number of carbonyl (C=O) groups is 1. The fraction of sp³-hybridized carbons (Fsp3) is 0.350. The van der Waals surface area contributed by atoms with E-state index < -0.39 is 0 Å². The Bertz CT molecular complexity index is 668. The number of aryl methyl sites for hydroxylation is 1. The predicted molar refractivity (Wildman–Crippen MR) is 98.3 cm³/mol. The molecule has 0 saturated heterocycles. The van der Waals surface area contributed by atoms with Crippen LogP contribution < -0.4 is 15.4 Å². The minimum absolute atomic E-state index is 0.0212. The standard InChI is InChI=1S/C20H26N2O2/c1-15(2)24-19-11-7-6-10-18(19)22-20(23)12-13-21-14-17-9-5-4-8-16(17)3/h4-11,15,21H,12-14H2,1-3H3,(H,22,23). The molecule has 4 nitrogen and oxygen atoms in total. The molecule has 1 amide bonds. The highest BCUT2D eigenvalue weighted by Gasteiger charge is 2.08. The van der Waals surface area contributed by atoms with Crippen LogP contribution in [0.5, 0.6) is 5.75 Å². The lowest BCUT2D eigenvalue weighted by molar-refractivity contribution is -0.116. The maximum absolute atomic E-state index is 12.1. The summed E-state index contributed by atoms with van der Waals surface area (Å²) >= 11 is 0. The van der Waals surface area contributed by atoms with E-state index in [9.17, 15) is 4.79 Å². The molecule has 0 heterocycles. The zero-order chi connectivity index (χ0) is 17.4. The minimum atomic E-state index is -0.0212. The molecule has 0 radical (unpaired) electrons. The second-order valence-corrected chi connectivity index (χ2v) is 6.06. The second-order valence-electron chi connectivity index (χ2n) is 6.06. The Balaban J connectivity index is 1.79. The summed E-state index contributed by atoms with van der Waals surface area (Å²) in [6.07, 6.45) is 0.487. The normalized spacial score (nSPS) is 10.7. The van der Waals surface area contributed by atoms with E-state index in [0.29, 0.717) is 18.7 Å². The molecular formula is C20H26N2O2. The highest BCUT2D eigenvalue weighted by molar-refractivity contribution is 5.92. The molecule has 2 aromatic carbocycles. The number of anilines is 1. The van der Waals surface area contributed by atoms with E-state index in [-0.39, 0.29) is 12.0 Å². The summed E-state index contributed by atoms with van der Waals surface area (Å²) in [7, 11) is 0. The summed E-state index contributed by atoms with van der Waals surface area (Å²) in [4.78, 5) is 12.1. The van der Waals surface area contributed by atoms with Crippen LogP contribution in [0, 0.1) is 6.92 Å². The molecule has 2 N–H and O–H groups in total. The van der Waals surface area contributed by atoms with E-state index in [1.807, 2.05) is 50.2 Å². The number of hydrogen-bond donors (Lipinski definition) is 2. The zero-order valence-corrected chi connectivity index (χ0v) is 14.6. The third-order valence-electron chi connectivity index (χ3n) is 3.63. The average Bonchev–Trinajstić information content (AvgIpc) is 2.54. The number of nitrogens with one attached hydrogen (secondary N) is 2. The molecule has 0 saturated carbocycles. The van der Waals surface area contributed by atoms with Crippen LogP contribution in [-0.2, 0) is 11.3 Å². The van der Waals surface area contributed by atoms with E-state index in [0.717, 1.165) is 12.2 Å². The van der Waals surface area contributed by atoms with Crippen molar-refractivity contribution in [1.29, 1.82) is 0 Å². The fourth-order valence-corrected chi connectivity index (χ4v) is 2.37. The number of hydrogen-bond acceptors (Lipinski definition) is 3. The lowest BCUT2D eigenvalue weighted by Crippen LogP contribution is -2.22. The molecule has 0 aromatic heterocycles. The molecule has 4 heteroatoms. The van der Waals surface area contributed by atoms with Gasteiger partial charge in [0.05, 0.1) is 11.8 Å². The van der Waals surface area contributed by atoms with Crippen LogP contribution in [0.2, 0.25) is 0 Å². The Morgan fingerprint density at radius 3 is 2.54 bits per heavy atom.